The molecule has 15 heteroatoms. The fourth-order valence-corrected chi connectivity index (χ4v) is 4.34. The molecule has 1 fully saturated rings. The number of rotatable bonds is 9. The van der Waals surface area contributed by atoms with Crippen molar-refractivity contribution >= 4 is 24.9 Å². The number of imidazole rings is 2. The lowest BCUT2D eigenvalue weighted by Gasteiger charge is -2.21. The molecule has 0 amide bonds. The van der Waals surface area contributed by atoms with Gasteiger partial charge in [-0.2, -0.15) is 4.98 Å². The van der Waals surface area contributed by atoms with E-state index >= 15 is 0 Å². The van der Waals surface area contributed by atoms with Crippen molar-refractivity contribution in [3.05, 3.63) is 48.1 Å². The van der Waals surface area contributed by atoms with Crippen molar-refractivity contribution in [1.82, 2.24) is 28.8 Å². The van der Waals surface area contributed by atoms with Crippen LogP contribution in [0.1, 0.15) is 6.23 Å². The highest BCUT2D eigenvalue weighted by Crippen LogP contribution is 2.45. The number of aliphatic hydroxyl groups excluding tert-OH is 1. The zero-order valence-corrected chi connectivity index (χ0v) is 17.6. The van der Waals surface area contributed by atoms with Gasteiger partial charge in [0.2, 0.25) is 5.95 Å². The molecule has 0 spiro atoms. The molecule has 172 valence electrons. The standard InChI is InChI=1S/C17H22N7O7P/c1-2-5-29-6-10-11(7-30-32(27,28)23-4-3-19-8-23)31-16(13(10)25)24-9-20-12-14(24)21-17(18)22-15(12)26/h2-4,8-11,13,16,25H,1,5-7H2,(H,27,28)(H3,18,21,22,26)/t10-,11-,13-,16-/m1/s1. The zero-order valence-electron chi connectivity index (χ0n) is 16.7. The molecule has 4 heterocycles. The summed E-state index contributed by atoms with van der Waals surface area (Å²) in [4.78, 5) is 36.4. The fraction of sp³-hybridized carbons (Fsp3) is 0.412. The molecule has 1 unspecified atom stereocenters. The van der Waals surface area contributed by atoms with Gasteiger partial charge in [-0.3, -0.25) is 18.9 Å². The number of aliphatic hydroxyl groups is 1. The van der Waals surface area contributed by atoms with E-state index in [1.54, 1.807) is 6.08 Å². The molecular formula is C17H22N7O7P. The second kappa shape index (κ2) is 8.94. The van der Waals surface area contributed by atoms with Gasteiger partial charge in [-0.05, 0) is 0 Å². The molecule has 32 heavy (non-hydrogen) atoms. The maximum Gasteiger partial charge on any atom is 0.437 e. The first-order chi connectivity index (χ1) is 15.3. The van der Waals surface area contributed by atoms with E-state index in [9.17, 15) is 19.4 Å². The van der Waals surface area contributed by atoms with Gasteiger partial charge in [-0.25, -0.2) is 18.9 Å². The quantitative estimate of drug-likeness (QED) is 0.182. The molecule has 4 rings (SSSR count). The lowest BCUT2D eigenvalue weighted by atomic mass is 9.99. The van der Waals surface area contributed by atoms with Crippen LogP contribution >= 0.6 is 7.75 Å². The molecule has 1 saturated heterocycles. The molecular weight excluding hydrogens is 445 g/mol. The highest BCUT2D eigenvalue weighted by Gasteiger charge is 2.46. The number of hydrogen-bond acceptors (Lipinski definition) is 10. The number of nitrogens with one attached hydrogen (secondary N) is 1. The number of ether oxygens (including phenoxy) is 2. The van der Waals surface area contributed by atoms with Crippen LogP contribution in [-0.2, 0) is 18.6 Å². The number of H-pyrrole nitrogens is 1. The van der Waals surface area contributed by atoms with Crippen molar-refractivity contribution < 1.29 is 28.6 Å². The van der Waals surface area contributed by atoms with E-state index in [0.29, 0.717) is 0 Å². The fourth-order valence-electron chi connectivity index (χ4n) is 3.45. The Balaban J connectivity index is 1.59. The van der Waals surface area contributed by atoms with E-state index in [1.807, 2.05) is 0 Å². The molecule has 0 saturated carbocycles. The summed E-state index contributed by atoms with van der Waals surface area (Å²) in [6.45, 7) is 3.54. The molecule has 0 aromatic carbocycles. The summed E-state index contributed by atoms with van der Waals surface area (Å²) in [6.07, 6.45) is 3.65. The van der Waals surface area contributed by atoms with Crippen molar-refractivity contribution in [2.24, 2.45) is 5.92 Å². The van der Waals surface area contributed by atoms with Gasteiger partial charge >= 0.3 is 7.75 Å². The first-order valence-electron chi connectivity index (χ1n) is 9.52. The summed E-state index contributed by atoms with van der Waals surface area (Å²) in [6, 6.07) is 0. The molecule has 3 aromatic heterocycles. The van der Waals surface area contributed by atoms with Crippen LogP contribution in [-0.4, -0.2) is 70.9 Å². The molecule has 1 aliphatic heterocycles. The Kier molecular flexibility index (Phi) is 6.24. The summed E-state index contributed by atoms with van der Waals surface area (Å²) < 4.78 is 31.5. The minimum atomic E-state index is -4.22. The van der Waals surface area contributed by atoms with Crippen LogP contribution in [0.4, 0.5) is 5.95 Å². The average Bonchev–Trinajstić information content (AvgIpc) is 3.47. The summed E-state index contributed by atoms with van der Waals surface area (Å²) in [5, 5.41) is 11.0. The lowest BCUT2D eigenvalue weighted by Crippen LogP contribution is -2.32. The topological polar surface area (TPSA) is 193 Å². The summed E-state index contributed by atoms with van der Waals surface area (Å²) in [7, 11) is -4.22. The predicted octanol–water partition coefficient (Wildman–Crippen LogP) is -0.359. The predicted molar refractivity (Wildman–Crippen MR) is 110 cm³/mol. The molecule has 3 aromatic rings. The Morgan fingerprint density at radius 1 is 1.41 bits per heavy atom. The molecule has 0 bridgehead atoms. The third-order valence-electron chi connectivity index (χ3n) is 4.98. The van der Waals surface area contributed by atoms with Gasteiger partial charge in [-0.1, -0.05) is 6.08 Å². The molecule has 14 nitrogen and oxygen atoms in total. The second-order valence-corrected chi connectivity index (χ2v) is 8.75. The highest BCUT2D eigenvalue weighted by atomic mass is 31.2. The number of nitrogens with zero attached hydrogens (tertiary/aromatic N) is 5. The maximum absolute atomic E-state index is 12.5. The third-order valence-corrected chi connectivity index (χ3v) is 6.29. The Morgan fingerprint density at radius 3 is 2.94 bits per heavy atom. The largest absolute Gasteiger partial charge is 0.437 e. The van der Waals surface area contributed by atoms with E-state index in [0.717, 1.165) is 10.7 Å². The normalized spacial score (nSPS) is 25.2. The van der Waals surface area contributed by atoms with Crippen molar-refractivity contribution in [2.45, 2.75) is 18.4 Å². The van der Waals surface area contributed by atoms with Gasteiger partial charge in [-0.15, -0.1) is 6.58 Å². The number of nitrogens with two attached hydrogens (primary N) is 1. The first kappa shape index (κ1) is 22.3. The van der Waals surface area contributed by atoms with Crippen LogP contribution in [0.3, 0.4) is 0 Å². The maximum atomic E-state index is 12.5. The Hall–Kier alpha value is -2.87. The first-order valence-corrected chi connectivity index (χ1v) is 11.1. The van der Waals surface area contributed by atoms with Crippen LogP contribution in [0.2, 0.25) is 0 Å². The van der Waals surface area contributed by atoms with Gasteiger partial charge in [0.1, 0.15) is 12.4 Å². The van der Waals surface area contributed by atoms with Crippen LogP contribution in [0, 0.1) is 5.92 Å². The number of aromatic nitrogens is 6. The molecule has 5 N–H and O–H groups in total. The monoisotopic (exact) mass is 467 g/mol. The number of anilines is 1. The number of hydrogen-bond donors (Lipinski definition) is 4. The Morgan fingerprint density at radius 2 is 2.22 bits per heavy atom. The Bertz CT molecular complexity index is 1190. The highest BCUT2D eigenvalue weighted by molar-refractivity contribution is 7.51. The average molecular weight is 467 g/mol. The van der Waals surface area contributed by atoms with Crippen LogP contribution in [0.5, 0.6) is 0 Å². The van der Waals surface area contributed by atoms with E-state index in [1.165, 1.54) is 23.3 Å². The molecule has 0 radical (unpaired) electrons. The van der Waals surface area contributed by atoms with E-state index in [2.05, 4.69) is 26.5 Å². The number of nitrogen functional groups attached to an aromatic ring is 1. The van der Waals surface area contributed by atoms with Gasteiger partial charge < -0.3 is 25.2 Å². The van der Waals surface area contributed by atoms with E-state index < -0.39 is 37.7 Å². The SMILES string of the molecule is C=CCOC[C@H]1[C@@H](O)[C@H](n2cnc3c(=O)[nH]c(N)nc32)O[C@@H]1COP(=O)(O)n1ccnc1. The van der Waals surface area contributed by atoms with Crippen molar-refractivity contribution in [2.75, 3.05) is 25.6 Å². The second-order valence-electron chi connectivity index (χ2n) is 7.05. The van der Waals surface area contributed by atoms with Gasteiger partial charge in [0.25, 0.3) is 5.56 Å². The lowest BCUT2D eigenvalue weighted by molar-refractivity contribution is -0.0478. The Labute approximate surface area is 180 Å². The van der Waals surface area contributed by atoms with Crippen molar-refractivity contribution in [1.29, 1.82) is 0 Å². The smallest absolute Gasteiger partial charge is 0.388 e. The van der Waals surface area contributed by atoms with Gasteiger partial charge in [0.15, 0.2) is 17.4 Å². The summed E-state index contributed by atoms with van der Waals surface area (Å²) >= 11 is 0. The van der Waals surface area contributed by atoms with Crippen LogP contribution in [0.15, 0.2) is 42.5 Å². The third kappa shape index (κ3) is 4.24. The summed E-state index contributed by atoms with van der Waals surface area (Å²) in [5.74, 6) is -0.761. The van der Waals surface area contributed by atoms with Crippen LogP contribution < -0.4 is 11.3 Å². The van der Waals surface area contributed by atoms with E-state index in [4.69, 9.17) is 19.7 Å². The molecule has 5 atom stereocenters. The number of fused-ring (bicyclic) bond motifs is 1. The van der Waals surface area contributed by atoms with E-state index in [-0.39, 0.29) is 36.9 Å². The molecule has 1 aliphatic rings. The minimum absolute atomic E-state index is 0.0223. The van der Waals surface area contributed by atoms with Crippen LogP contribution in [0.25, 0.3) is 11.2 Å². The van der Waals surface area contributed by atoms with Crippen molar-refractivity contribution in [3.63, 3.8) is 0 Å². The van der Waals surface area contributed by atoms with Gasteiger partial charge in [0, 0.05) is 18.3 Å². The van der Waals surface area contributed by atoms with Gasteiger partial charge in [0.05, 0.1) is 32.3 Å². The van der Waals surface area contributed by atoms with Crippen molar-refractivity contribution in [3.8, 4) is 0 Å². The number of aromatic amines is 1. The summed E-state index contributed by atoms with van der Waals surface area (Å²) in [5.41, 5.74) is 5.24. The molecule has 0 aliphatic carbocycles. The minimum Gasteiger partial charge on any atom is -0.388 e. The zero-order chi connectivity index (χ0) is 22.9.